The zero-order chi connectivity index (χ0) is 8.91. The van der Waals surface area contributed by atoms with Crippen LogP contribution in [0, 0.1) is 11.8 Å². The van der Waals surface area contributed by atoms with Crippen LogP contribution in [0.5, 0.6) is 0 Å². The van der Waals surface area contributed by atoms with Gasteiger partial charge in [0.05, 0.1) is 7.11 Å². The normalized spacial score (nSPS) is 9.82. The van der Waals surface area contributed by atoms with E-state index in [9.17, 15) is 4.79 Å². The third kappa shape index (κ3) is 4.40. The van der Waals surface area contributed by atoms with Gasteiger partial charge in [0, 0.05) is 13.0 Å². The smallest absolute Gasteiger partial charge is 0.384 e. The predicted molar refractivity (Wildman–Crippen MR) is 40.9 cm³/mol. The lowest BCUT2D eigenvalue weighted by Gasteiger charge is -2.13. The van der Waals surface area contributed by atoms with E-state index in [0.29, 0.717) is 0 Å². The molecule has 0 saturated heterocycles. The summed E-state index contributed by atoms with van der Waals surface area (Å²) in [5, 5.41) is 0. The second-order valence-corrected chi connectivity index (χ2v) is 2.46. The van der Waals surface area contributed by atoms with Crippen LogP contribution in [-0.4, -0.2) is 25.8 Å². The lowest BCUT2D eigenvalue weighted by Crippen LogP contribution is -2.19. The minimum Gasteiger partial charge on any atom is -0.459 e. The van der Waals surface area contributed by atoms with Gasteiger partial charge in [0.1, 0.15) is 5.60 Å². The van der Waals surface area contributed by atoms with Crippen molar-refractivity contribution >= 4 is 5.97 Å². The van der Waals surface area contributed by atoms with Gasteiger partial charge in [-0.05, 0) is 13.8 Å². The quantitative estimate of drug-likeness (QED) is 0.316. The molecule has 0 N–H and O–H groups in total. The summed E-state index contributed by atoms with van der Waals surface area (Å²) >= 11 is 0. The van der Waals surface area contributed by atoms with E-state index < -0.39 is 11.6 Å². The molecule has 0 aliphatic carbocycles. The predicted octanol–water partition coefficient (Wildman–Crippen LogP) is 0.588. The largest absolute Gasteiger partial charge is 0.459 e. The molecule has 0 atom stereocenters. The van der Waals surface area contributed by atoms with Gasteiger partial charge < -0.3 is 9.47 Å². The SMILES string of the molecule is COC(=O)C#CC(C)(C)OC. The fraction of sp³-hybridized carbons (Fsp3) is 0.625. The molecule has 0 rings (SSSR count). The number of carbonyl (C=O) groups is 1. The van der Waals surface area contributed by atoms with Gasteiger partial charge in [0.25, 0.3) is 0 Å². The number of methoxy groups -OCH3 is 2. The van der Waals surface area contributed by atoms with Crippen molar-refractivity contribution in [1.29, 1.82) is 0 Å². The monoisotopic (exact) mass is 156 g/mol. The molecule has 0 unspecified atom stereocenters. The highest BCUT2D eigenvalue weighted by molar-refractivity contribution is 5.88. The van der Waals surface area contributed by atoms with E-state index in [1.165, 1.54) is 14.2 Å². The van der Waals surface area contributed by atoms with Crippen molar-refractivity contribution in [2.45, 2.75) is 19.4 Å². The fourth-order valence-corrected chi connectivity index (χ4v) is 0.304. The van der Waals surface area contributed by atoms with Crippen molar-refractivity contribution in [2.75, 3.05) is 14.2 Å². The number of ether oxygens (including phenoxy) is 2. The van der Waals surface area contributed by atoms with Crippen molar-refractivity contribution in [3.05, 3.63) is 0 Å². The van der Waals surface area contributed by atoms with Crippen LogP contribution in [0.2, 0.25) is 0 Å². The molecule has 0 bridgehead atoms. The maximum absolute atomic E-state index is 10.5. The lowest BCUT2D eigenvalue weighted by molar-refractivity contribution is -0.133. The van der Waals surface area contributed by atoms with E-state index in [0.717, 1.165) is 0 Å². The summed E-state index contributed by atoms with van der Waals surface area (Å²) in [4.78, 5) is 10.5. The summed E-state index contributed by atoms with van der Waals surface area (Å²) in [7, 11) is 2.82. The third-order valence-corrected chi connectivity index (χ3v) is 1.16. The van der Waals surface area contributed by atoms with Gasteiger partial charge in [0.2, 0.25) is 0 Å². The molecule has 0 aromatic heterocycles. The Morgan fingerprint density at radius 1 is 1.36 bits per heavy atom. The molecule has 0 radical (unpaired) electrons. The summed E-state index contributed by atoms with van der Waals surface area (Å²) in [6.45, 7) is 3.53. The highest BCUT2D eigenvalue weighted by Crippen LogP contribution is 2.03. The van der Waals surface area contributed by atoms with Crippen molar-refractivity contribution in [3.8, 4) is 11.8 Å². The molecule has 0 saturated carbocycles. The zero-order valence-corrected chi connectivity index (χ0v) is 7.22. The molecular formula is C8H12O3. The fourth-order valence-electron chi connectivity index (χ4n) is 0.304. The molecule has 3 heteroatoms. The van der Waals surface area contributed by atoms with E-state index in [1.807, 2.05) is 0 Å². The van der Waals surface area contributed by atoms with Crippen molar-refractivity contribution < 1.29 is 14.3 Å². The van der Waals surface area contributed by atoms with E-state index in [1.54, 1.807) is 13.8 Å². The first kappa shape index (κ1) is 9.99. The molecule has 0 fully saturated rings. The van der Waals surface area contributed by atoms with Crippen molar-refractivity contribution in [2.24, 2.45) is 0 Å². The molecule has 3 nitrogen and oxygen atoms in total. The minimum atomic E-state index is -0.589. The molecule has 0 amide bonds. The van der Waals surface area contributed by atoms with Gasteiger partial charge in [-0.3, -0.25) is 0 Å². The Hall–Kier alpha value is -1.01. The van der Waals surface area contributed by atoms with Crippen LogP contribution < -0.4 is 0 Å². The molecule has 0 aromatic carbocycles. The van der Waals surface area contributed by atoms with Crippen LogP contribution in [-0.2, 0) is 14.3 Å². The van der Waals surface area contributed by atoms with Gasteiger partial charge in [-0.1, -0.05) is 5.92 Å². The first-order valence-electron chi connectivity index (χ1n) is 3.18. The van der Waals surface area contributed by atoms with E-state index in [2.05, 4.69) is 16.6 Å². The van der Waals surface area contributed by atoms with E-state index in [-0.39, 0.29) is 0 Å². The van der Waals surface area contributed by atoms with E-state index in [4.69, 9.17) is 4.74 Å². The number of carbonyl (C=O) groups excluding carboxylic acids is 1. The second-order valence-electron chi connectivity index (χ2n) is 2.46. The highest BCUT2D eigenvalue weighted by Gasteiger charge is 2.11. The third-order valence-electron chi connectivity index (χ3n) is 1.16. The second kappa shape index (κ2) is 3.99. The average Bonchev–Trinajstić information content (AvgIpc) is 2.00. The van der Waals surface area contributed by atoms with Gasteiger partial charge in [-0.2, -0.15) is 0 Å². The van der Waals surface area contributed by atoms with Gasteiger partial charge in [-0.15, -0.1) is 0 Å². The number of hydrogen-bond acceptors (Lipinski definition) is 3. The average molecular weight is 156 g/mol. The topological polar surface area (TPSA) is 35.5 Å². The molecular weight excluding hydrogens is 144 g/mol. The number of hydrogen-bond donors (Lipinski definition) is 0. The Labute approximate surface area is 66.7 Å². The Morgan fingerprint density at radius 2 is 1.91 bits per heavy atom. The molecule has 0 aliphatic heterocycles. The highest BCUT2D eigenvalue weighted by atomic mass is 16.5. The van der Waals surface area contributed by atoms with Crippen LogP contribution >= 0.6 is 0 Å². The van der Waals surface area contributed by atoms with Crippen molar-refractivity contribution in [1.82, 2.24) is 0 Å². The van der Waals surface area contributed by atoms with Crippen LogP contribution in [0.15, 0.2) is 0 Å². The standard InChI is InChI=1S/C8H12O3/c1-8(2,11-4)6-5-7(9)10-3/h1-4H3. The molecule has 0 aliphatic rings. The molecule has 0 aromatic rings. The Bertz CT molecular complexity index is 195. The first-order chi connectivity index (χ1) is 5.02. The van der Waals surface area contributed by atoms with Crippen LogP contribution in [0.4, 0.5) is 0 Å². The Morgan fingerprint density at radius 3 is 2.27 bits per heavy atom. The van der Waals surface area contributed by atoms with Gasteiger partial charge in [0.15, 0.2) is 0 Å². The Balaban J connectivity index is 4.16. The molecule has 62 valence electrons. The molecule has 0 spiro atoms. The minimum absolute atomic E-state index is 0.546. The summed E-state index contributed by atoms with van der Waals surface area (Å²) in [6.07, 6.45) is 0. The van der Waals surface area contributed by atoms with Crippen LogP contribution in [0.25, 0.3) is 0 Å². The van der Waals surface area contributed by atoms with Gasteiger partial charge in [-0.25, -0.2) is 4.79 Å². The first-order valence-corrected chi connectivity index (χ1v) is 3.18. The molecule has 0 heterocycles. The summed E-state index contributed by atoms with van der Waals surface area (Å²) in [5.41, 5.74) is -0.589. The maximum Gasteiger partial charge on any atom is 0.384 e. The van der Waals surface area contributed by atoms with Gasteiger partial charge >= 0.3 is 5.97 Å². The zero-order valence-electron chi connectivity index (χ0n) is 7.22. The number of rotatable bonds is 1. The summed E-state index contributed by atoms with van der Waals surface area (Å²) < 4.78 is 9.27. The van der Waals surface area contributed by atoms with Crippen LogP contribution in [0.1, 0.15) is 13.8 Å². The number of esters is 1. The summed E-state index contributed by atoms with van der Waals surface area (Å²) in [5.74, 6) is 4.35. The summed E-state index contributed by atoms with van der Waals surface area (Å²) in [6, 6.07) is 0. The lowest BCUT2D eigenvalue weighted by atomic mass is 10.1. The molecule has 11 heavy (non-hydrogen) atoms. The van der Waals surface area contributed by atoms with Crippen LogP contribution in [0.3, 0.4) is 0 Å². The Kier molecular flexibility index (Phi) is 3.63. The van der Waals surface area contributed by atoms with Crippen molar-refractivity contribution in [3.63, 3.8) is 0 Å². The maximum atomic E-state index is 10.5. The van der Waals surface area contributed by atoms with E-state index >= 15 is 0 Å².